The van der Waals surface area contributed by atoms with Crippen molar-refractivity contribution in [1.82, 2.24) is 0 Å². The second kappa shape index (κ2) is 7.12. The summed E-state index contributed by atoms with van der Waals surface area (Å²) in [6, 6.07) is 0. The molecule has 0 aromatic heterocycles. The third kappa shape index (κ3) is 2.56. The van der Waals surface area contributed by atoms with Crippen LogP contribution in [0.4, 0.5) is 0 Å². The Labute approximate surface area is 248 Å². The van der Waals surface area contributed by atoms with Gasteiger partial charge in [0.15, 0.2) is 0 Å². The van der Waals surface area contributed by atoms with E-state index in [1.54, 1.807) is 88.7 Å². The summed E-state index contributed by atoms with van der Waals surface area (Å²) in [6.07, 6.45) is 2.47. The van der Waals surface area contributed by atoms with Gasteiger partial charge in [0.05, 0.1) is 0 Å². The minimum absolute atomic E-state index is 0.128. The summed E-state index contributed by atoms with van der Waals surface area (Å²) in [7, 11) is 0. The molecule has 0 heterocycles. The molecule has 0 radical (unpaired) electrons. The van der Waals surface area contributed by atoms with E-state index >= 15 is 0 Å². The van der Waals surface area contributed by atoms with Crippen molar-refractivity contribution in [3.8, 4) is 0 Å². The highest BCUT2D eigenvalue weighted by atomic mass is 14.6. The third-order valence-corrected chi connectivity index (χ3v) is 13.4. The Bertz CT molecular complexity index is 1910. The van der Waals surface area contributed by atoms with Crippen LogP contribution in [0.2, 0.25) is 0 Å². The minimum atomic E-state index is 0.128. The molecule has 0 amide bonds. The maximum atomic E-state index is 2.65. The van der Waals surface area contributed by atoms with E-state index in [1.807, 2.05) is 0 Å². The first-order chi connectivity index (χ1) is 19.0. The molecule has 41 heavy (non-hydrogen) atoms. The van der Waals surface area contributed by atoms with Crippen LogP contribution in [-0.4, -0.2) is 0 Å². The monoisotopic (exact) mass is 540 g/mol. The molecular formula is C41H48. The Balaban J connectivity index is 1.76. The van der Waals surface area contributed by atoms with E-state index in [4.69, 9.17) is 0 Å². The van der Waals surface area contributed by atoms with Crippen molar-refractivity contribution >= 4 is 21.9 Å². The van der Waals surface area contributed by atoms with Crippen molar-refractivity contribution in [2.75, 3.05) is 0 Å². The van der Waals surface area contributed by atoms with Crippen LogP contribution in [0.15, 0.2) is 44.6 Å². The van der Waals surface area contributed by atoms with Gasteiger partial charge in [0.25, 0.3) is 0 Å². The lowest BCUT2D eigenvalue weighted by Crippen LogP contribution is -2.49. The van der Waals surface area contributed by atoms with Crippen molar-refractivity contribution in [1.29, 1.82) is 0 Å². The first-order valence-electron chi connectivity index (χ1n) is 16.2. The molecule has 0 saturated carbocycles. The van der Waals surface area contributed by atoms with Crippen LogP contribution >= 0.6 is 0 Å². The molecule has 3 atom stereocenters. The molecule has 0 aliphatic heterocycles. The van der Waals surface area contributed by atoms with E-state index in [2.05, 4.69) is 96.9 Å². The molecule has 0 N–H and O–H groups in total. The van der Waals surface area contributed by atoms with Gasteiger partial charge in [-0.15, -0.1) is 0 Å². The zero-order valence-corrected chi connectivity index (χ0v) is 28.1. The number of rotatable bonds is 0. The fraction of sp³-hybridized carbons (Fsp3) is 0.512. The predicted molar refractivity (Wildman–Crippen MR) is 177 cm³/mol. The average molecular weight is 541 g/mol. The van der Waals surface area contributed by atoms with E-state index in [-0.39, 0.29) is 16.2 Å². The molecular weight excluding hydrogens is 492 g/mol. The second-order valence-corrected chi connectivity index (χ2v) is 16.5. The van der Waals surface area contributed by atoms with Gasteiger partial charge in [-0.3, -0.25) is 0 Å². The predicted octanol–water partition coefficient (Wildman–Crippen LogP) is 11.4. The highest BCUT2D eigenvalue weighted by Gasteiger charge is 2.60. The Morgan fingerprint density at radius 1 is 0.463 bits per heavy atom. The zero-order chi connectivity index (χ0) is 29.6. The molecule has 8 rings (SSSR count). The Morgan fingerprint density at radius 2 is 1.05 bits per heavy atom. The molecule has 0 bridgehead atoms. The number of benzene rings is 2. The van der Waals surface area contributed by atoms with Crippen molar-refractivity contribution in [3.05, 3.63) is 89.1 Å². The molecule has 6 aliphatic carbocycles. The number of hydrogen-bond acceptors (Lipinski definition) is 0. The fourth-order valence-corrected chi connectivity index (χ4v) is 12.4. The number of hydrogen-bond donors (Lipinski definition) is 0. The molecule has 2 aromatic rings. The molecule has 0 fully saturated rings. The summed E-state index contributed by atoms with van der Waals surface area (Å²) in [4.78, 5) is 0. The molecule has 3 unspecified atom stereocenters. The van der Waals surface area contributed by atoms with Gasteiger partial charge in [0.2, 0.25) is 0 Å². The van der Waals surface area contributed by atoms with Crippen molar-refractivity contribution in [3.63, 3.8) is 0 Å². The Morgan fingerprint density at radius 3 is 1.68 bits per heavy atom. The van der Waals surface area contributed by atoms with Gasteiger partial charge in [0.1, 0.15) is 0 Å². The van der Waals surface area contributed by atoms with Crippen molar-refractivity contribution in [2.45, 2.75) is 121 Å². The van der Waals surface area contributed by atoms with Crippen LogP contribution in [0.25, 0.3) is 21.9 Å². The van der Waals surface area contributed by atoms with Crippen LogP contribution in [0.1, 0.15) is 133 Å². The lowest BCUT2D eigenvalue weighted by molar-refractivity contribution is 0.190. The smallest absolute Gasteiger partial charge is 0.0217 e. The molecule has 2 aromatic carbocycles. The Kier molecular flexibility index (Phi) is 4.53. The van der Waals surface area contributed by atoms with Crippen LogP contribution in [-0.2, 0) is 5.41 Å². The van der Waals surface area contributed by atoms with Crippen LogP contribution < -0.4 is 0 Å². The highest BCUT2D eigenvalue weighted by Crippen LogP contribution is 2.74. The van der Waals surface area contributed by atoms with Gasteiger partial charge in [-0.05, 0) is 202 Å². The molecule has 0 nitrogen and oxygen atoms in total. The van der Waals surface area contributed by atoms with E-state index in [0.717, 1.165) is 0 Å². The highest BCUT2D eigenvalue weighted by molar-refractivity contribution is 6.11. The first kappa shape index (κ1) is 26.1. The molecule has 6 aliphatic rings. The van der Waals surface area contributed by atoms with E-state index in [0.29, 0.717) is 11.8 Å². The van der Waals surface area contributed by atoms with Gasteiger partial charge in [-0.1, -0.05) is 34.6 Å². The summed E-state index contributed by atoms with van der Waals surface area (Å²) in [5.74, 6) is 0.863. The number of aryl methyl sites for hydroxylation is 2. The largest absolute Gasteiger partial charge is 0.0558 e. The van der Waals surface area contributed by atoms with Crippen LogP contribution in [0.3, 0.4) is 0 Å². The Hall–Kier alpha value is -2.60. The third-order valence-electron chi connectivity index (χ3n) is 13.4. The topological polar surface area (TPSA) is 0 Å². The molecule has 0 heteroatoms. The van der Waals surface area contributed by atoms with Crippen molar-refractivity contribution < 1.29 is 0 Å². The van der Waals surface area contributed by atoms with E-state index < -0.39 is 0 Å². The van der Waals surface area contributed by atoms with Gasteiger partial charge in [-0.2, -0.15) is 0 Å². The minimum Gasteiger partial charge on any atom is -0.0558 e. The SMILES string of the molecule is CC1=C(C)C2=C(C)c3c(C)c(C)c(C)c4c(C)c5c6c(c34)C2C2C1=C(C)C(C)=C1C2=C6C(C)(CC1(C)C)CC5(C)C. The van der Waals surface area contributed by atoms with Gasteiger partial charge >= 0.3 is 0 Å². The summed E-state index contributed by atoms with van der Waals surface area (Å²) in [5.41, 5.74) is 29.4. The normalized spacial score (nSPS) is 30.0. The summed E-state index contributed by atoms with van der Waals surface area (Å²) >= 11 is 0. The van der Waals surface area contributed by atoms with Crippen molar-refractivity contribution in [2.24, 2.45) is 16.7 Å². The second-order valence-electron chi connectivity index (χ2n) is 16.5. The first-order valence-corrected chi connectivity index (χ1v) is 16.2. The van der Waals surface area contributed by atoms with Crippen LogP contribution in [0, 0.1) is 44.4 Å². The molecule has 0 spiro atoms. The van der Waals surface area contributed by atoms with E-state index in [9.17, 15) is 0 Å². The van der Waals surface area contributed by atoms with Gasteiger partial charge in [-0.25, -0.2) is 0 Å². The lowest BCUT2D eigenvalue weighted by atomic mass is 9.42. The van der Waals surface area contributed by atoms with Gasteiger partial charge in [0, 0.05) is 11.8 Å². The average Bonchev–Trinajstić information content (AvgIpc) is 2.84. The number of allylic oxidation sites excluding steroid dienone is 10. The maximum Gasteiger partial charge on any atom is 0.0217 e. The summed E-state index contributed by atoms with van der Waals surface area (Å²) < 4.78 is 0. The quantitative estimate of drug-likeness (QED) is 0.312. The zero-order valence-electron chi connectivity index (χ0n) is 28.1. The molecule has 212 valence electrons. The fourth-order valence-electron chi connectivity index (χ4n) is 12.4. The lowest BCUT2D eigenvalue weighted by Gasteiger charge is -2.62. The van der Waals surface area contributed by atoms with E-state index in [1.165, 1.54) is 35.1 Å². The molecule has 0 saturated heterocycles. The standard InChI is InChI=1S/C41H48/c1-17-18(2)27-24(8)28-21(5)20(4)26-22(6)23(7)36-34-32(26)31(28)33-30(27)29(19(17)3)25(9)37-35(33)38(34)41(14,15-39(36,10)11)16-40(37,12)13/h31-32H,15-16H2,1-14H3. The summed E-state index contributed by atoms with van der Waals surface area (Å²) in [5, 5.41) is 3.18. The summed E-state index contributed by atoms with van der Waals surface area (Å²) in [6.45, 7) is 34.9. The van der Waals surface area contributed by atoms with Crippen LogP contribution in [0.5, 0.6) is 0 Å². The van der Waals surface area contributed by atoms with Gasteiger partial charge < -0.3 is 0 Å². The maximum absolute atomic E-state index is 2.65.